The molecule has 0 saturated carbocycles. The highest BCUT2D eigenvalue weighted by Crippen LogP contribution is 2.35. The molecule has 1 saturated heterocycles. The summed E-state index contributed by atoms with van der Waals surface area (Å²) in [6.07, 6.45) is 0. The first-order valence-corrected chi connectivity index (χ1v) is 11.5. The molecule has 2 aliphatic heterocycles. The summed E-state index contributed by atoms with van der Waals surface area (Å²) in [6.45, 7) is 8.19. The number of piperazine rings is 1. The number of ketones is 1. The number of likely N-dealkylation sites (N-methyl/N-ethyl adjacent to an activating group) is 1. The van der Waals surface area contributed by atoms with Gasteiger partial charge in [0.2, 0.25) is 5.91 Å². The lowest BCUT2D eigenvalue weighted by molar-refractivity contribution is -0.136. The SMILES string of the molecule is Cc1ccc(C)c(OCC(=O)c2ccc3c(c2)N(C(C)C(=O)N2CCN(C)CC2)C(=O)CO3)c1. The zero-order valence-corrected chi connectivity index (χ0v) is 20.2. The minimum absolute atomic E-state index is 0.107. The summed E-state index contributed by atoms with van der Waals surface area (Å²) >= 11 is 0. The Bertz CT molecular complexity index is 1110. The van der Waals surface area contributed by atoms with Gasteiger partial charge in [0, 0.05) is 31.7 Å². The Morgan fingerprint density at radius 1 is 1.06 bits per heavy atom. The number of benzene rings is 2. The largest absolute Gasteiger partial charge is 0.485 e. The molecule has 2 aromatic rings. The fourth-order valence-electron chi connectivity index (χ4n) is 4.26. The van der Waals surface area contributed by atoms with Crippen LogP contribution >= 0.6 is 0 Å². The fourth-order valence-corrected chi connectivity index (χ4v) is 4.26. The predicted molar refractivity (Wildman–Crippen MR) is 129 cm³/mol. The highest BCUT2D eigenvalue weighted by Gasteiger charge is 2.36. The van der Waals surface area contributed by atoms with Gasteiger partial charge in [-0.15, -0.1) is 0 Å². The van der Waals surface area contributed by atoms with Crippen LogP contribution in [0.3, 0.4) is 0 Å². The highest BCUT2D eigenvalue weighted by atomic mass is 16.5. The third kappa shape index (κ3) is 4.92. The van der Waals surface area contributed by atoms with E-state index in [1.807, 2.05) is 39.1 Å². The van der Waals surface area contributed by atoms with Crippen LogP contribution in [0.1, 0.15) is 28.4 Å². The molecule has 8 heteroatoms. The van der Waals surface area contributed by atoms with Crippen molar-refractivity contribution < 1.29 is 23.9 Å². The van der Waals surface area contributed by atoms with E-state index in [1.54, 1.807) is 30.0 Å². The van der Waals surface area contributed by atoms with Gasteiger partial charge in [-0.1, -0.05) is 12.1 Å². The highest BCUT2D eigenvalue weighted by molar-refractivity contribution is 6.05. The summed E-state index contributed by atoms with van der Waals surface area (Å²) in [6, 6.07) is 10.1. The summed E-state index contributed by atoms with van der Waals surface area (Å²) in [5.74, 6) is 0.505. The van der Waals surface area contributed by atoms with Gasteiger partial charge in [0.05, 0.1) is 5.69 Å². The Morgan fingerprint density at radius 2 is 1.79 bits per heavy atom. The van der Waals surface area contributed by atoms with Gasteiger partial charge in [-0.25, -0.2) is 0 Å². The van der Waals surface area contributed by atoms with Crippen LogP contribution in [0, 0.1) is 13.8 Å². The summed E-state index contributed by atoms with van der Waals surface area (Å²) < 4.78 is 11.4. The molecule has 2 amide bonds. The maximum atomic E-state index is 13.2. The first kappa shape index (κ1) is 23.8. The Balaban J connectivity index is 1.53. The molecular formula is C26H31N3O5. The third-order valence-electron chi connectivity index (χ3n) is 6.42. The summed E-state index contributed by atoms with van der Waals surface area (Å²) in [7, 11) is 2.02. The number of rotatable bonds is 6. The number of carbonyl (C=O) groups excluding carboxylic acids is 3. The van der Waals surface area contributed by atoms with Gasteiger partial charge in [-0.3, -0.25) is 19.3 Å². The van der Waals surface area contributed by atoms with Crippen LogP contribution in [0.2, 0.25) is 0 Å². The number of fused-ring (bicyclic) bond motifs is 1. The summed E-state index contributed by atoms with van der Waals surface area (Å²) in [4.78, 5) is 44.3. The lowest BCUT2D eigenvalue weighted by Crippen LogP contribution is -2.56. The van der Waals surface area contributed by atoms with E-state index < -0.39 is 6.04 Å². The van der Waals surface area contributed by atoms with Crippen molar-refractivity contribution in [1.29, 1.82) is 0 Å². The number of carbonyl (C=O) groups is 3. The van der Waals surface area contributed by atoms with E-state index in [0.29, 0.717) is 35.8 Å². The van der Waals surface area contributed by atoms with E-state index in [9.17, 15) is 14.4 Å². The Hall–Kier alpha value is -3.39. The predicted octanol–water partition coefficient (Wildman–Crippen LogP) is 2.45. The van der Waals surface area contributed by atoms with E-state index in [-0.39, 0.29) is 30.8 Å². The van der Waals surface area contributed by atoms with Crippen molar-refractivity contribution in [2.75, 3.05) is 51.3 Å². The number of ether oxygens (including phenoxy) is 2. The second-order valence-electron chi connectivity index (χ2n) is 9.02. The number of anilines is 1. The van der Waals surface area contributed by atoms with Crippen molar-refractivity contribution >= 4 is 23.3 Å². The molecule has 180 valence electrons. The van der Waals surface area contributed by atoms with Crippen molar-refractivity contribution in [2.24, 2.45) is 0 Å². The van der Waals surface area contributed by atoms with Crippen molar-refractivity contribution in [2.45, 2.75) is 26.8 Å². The molecule has 0 spiro atoms. The van der Waals surface area contributed by atoms with Crippen molar-refractivity contribution in [3.63, 3.8) is 0 Å². The molecule has 2 aliphatic rings. The van der Waals surface area contributed by atoms with Crippen LogP contribution in [0.5, 0.6) is 11.5 Å². The lowest BCUT2D eigenvalue weighted by atomic mass is 10.1. The second-order valence-corrected chi connectivity index (χ2v) is 9.02. The maximum Gasteiger partial charge on any atom is 0.265 e. The molecule has 2 aromatic carbocycles. The van der Waals surface area contributed by atoms with Gasteiger partial charge in [0.1, 0.15) is 17.5 Å². The molecule has 0 radical (unpaired) electrons. The standard InChI is InChI=1S/C26H31N3O5/c1-17-5-6-18(2)24(13-17)33-15-22(30)20-7-8-23-21(14-20)29(25(31)16-34-23)19(3)26(32)28-11-9-27(4)10-12-28/h5-8,13-14,19H,9-12,15-16H2,1-4H3. The van der Waals surface area contributed by atoms with Gasteiger partial charge in [0.25, 0.3) is 5.91 Å². The van der Waals surface area contributed by atoms with Crippen molar-refractivity contribution in [3.05, 3.63) is 53.1 Å². The van der Waals surface area contributed by atoms with E-state index in [4.69, 9.17) is 9.47 Å². The quantitative estimate of drug-likeness (QED) is 0.610. The maximum absolute atomic E-state index is 13.2. The average Bonchev–Trinajstić information content (AvgIpc) is 2.83. The van der Waals surface area contributed by atoms with E-state index >= 15 is 0 Å². The third-order valence-corrected chi connectivity index (χ3v) is 6.42. The van der Waals surface area contributed by atoms with Crippen LogP contribution in [-0.2, 0) is 9.59 Å². The normalized spacial score (nSPS) is 17.1. The number of nitrogens with zero attached hydrogens (tertiary/aromatic N) is 3. The van der Waals surface area contributed by atoms with Gasteiger partial charge >= 0.3 is 0 Å². The first-order valence-electron chi connectivity index (χ1n) is 11.5. The number of amides is 2. The molecule has 4 rings (SSSR count). The molecule has 34 heavy (non-hydrogen) atoms. The Kier molecular flexibility index (Phi) is 6.88. The molecule has 8 nitrogen and oxygen atoms in total. The summed E-state index contributed by atoms with van der Waals surface area (Å²) in [5, 5.41) is 0. The van der Waals surface area contributed by atoms with Gasteiger partial charge in [0.15, 0.2) is 19.0 Å². The molecule has 1 unspecified atom stereocenters. The topological polar surface area (TPSA) is 79.4 Å². The van der Waals surface area contributed by atoms with Crippen LogP contribution in [0.4, 0.5) is 5.69 Å². The van der Waals surface area contributed by atoms with Gasteiger partial charge in [-0.05, 0) is 63.2 Å². The second kappa shape index (κ2) is 9.85. The molecule has 0 aromatic heterocycles. The molecule has 2 heterocycles. The molecule has 0 bridgehead atoms. The van der Waals surface area contributed by atoms with E-state index in [1.165, 1.54) is 4.90 Å². The molecule has 0 aliphatic carbocycles. The van der Waals surface area contributed by atoms with Crippen LogP contribution < -0.4 is 14.4 Å². The lowest BCUT2D eigenvalue weighted by Gasteiger charge is -2.38. The van der Waals surface area contributed by atoms with Crippen molar-refractivity contribution in [1.82, 2.24) is 9.80 Å². The van der Waals surface area contributed by atoms with Gasteiger partial charge in [-0.2, -0.15) is 0 Å². The number of hydrogen-bond donors (Lipinski definition) is 0. The minimum Gasteiger partial charge on any atom is -0.485 e. The van der Waals surface area contributed by atoms with E-state index in [0.717, 1.165) is 24.2 Å². The molecular weight excluding hydrogens is 434 g/mol. The summed E-state index contributed by atoms with van der Waals surface area (Å²) in [5.41, 5.74) is 2.83. The number of aryl methyl sites for hydroxylation is 2. The van der Waals surface area contributed by atoms with Crippen molar-refractivity contribution in [3.8, 4) is 11.5 Å². The minimum atomic E-state index is -0.699. The zero-order chi connectivity index (χ0) is 24.4. The van der Waals surface area contributed by atoms with Crippen LogP contribution in [0.25, 0.3) is 0 Å². The first-order chi connectivity index (χ1) is 16.2. The zero-order valence-electron chi connectivity index (χ0n) is 20.2. The number of hydrogen-bond acceptors (Lipinski definition) is 6. The van der Waals surface area contributed by atoms with Crippen LogP contribution in [-0.4, -0.2) is 79.9 Å². The number of Topliss-reactive ketones (excluding diaryl/α,β-unsaturated/α-hetero) is 1. The molecule has 1 atom stereocenters. The van der Waals surface area contributed by atoms with Gasteiger partial charge < -0.3 is 19.3 Å². The molecule has 1 fully saturated rings. The molecule has 0 N–H and O–H groups in total. The Morgan fingerprint density at radius 3 is 2.53 bits per heavy atom. The fraction of sp³-hybridized carbons (Fsp3) is 0.423. The average molecular weight is 466 g/mol. The Labute approximate surface area is 200 Å². The van der Waals surface area contributed by atoms with E-state index in [2.05, 4.69) is 4.90 Å². The monoisotopic (exact) mass is 465 g/mol. The van der Waals surface area contributed by atoms with Crippen LogP contribution in [0.15, 0.2) is 36.4 Å². The smallest absolute Gasteiger partial charge is 0.265 e.